The van der Waals surface area contributed by atoms with Crippen LogP contribution in [0, 0.1) is 19.3 Å². The van der Waals surface area contributed by atoms with Crippen molar-refractivity contribution < 1.29 is 4.42 Å². The molecule has 3 saturated carbocycles. The number of furan rings is 1. The minimum Gasteiger partial charge on any atom is -0.436 e. The van der Waals surface area contributed by atoms with Gasteiger partial charge in [0.2, 0.25) is 5.71 Å². The summed E-state index contributed by atoms with van der Waals surface area (Å²) < 4.78 is 6.40. The Hall–Kier alpha value is -2.03. The minimum atomic E-state index is 0.348. The Morgan fingerprint density at radius 1 is 0.962 bits per heavy atom. The van der Waals surface area contributed by atoms with Crippen molar-refractivity contribution in [1.29, 1.82) is 0 Å². The quantitative estimate of drug-likeness (QED) is 0.549. The van der Waals surface area contributed by atoms with Gasteiger partial charge in [-0.05, 0) is 82.4 Å². The van der Waals surface area contributed by atoms with Gasteiger partial charge in [0.1, 0.15) is 0 Å². The fraction of sp³-hybridized carbons (Fsp3) is 0.522. The summed E-state index contributed by atoms with van der Waals surface area (Å²) in [5, 5.41) is 2.36. The third-order valence-corrected chi connectivity index (χ3v) is 8.11. The molecule has 6 fully saturated rings. The SMILES string of the molecule is Cc1ccc2c(n1)oc1c(N3[C@@H](C)C45CCC3(CC4)CC5)c(C)ccc12. The maximum atomic E-state index is 6.40. The Morgan fingerprint density at radius 2 is 1.65 bits per heavy atom. The highest BCUT2D eigenvalue weighted by atomic mass is 16.3. The van der Waals surface area contributed by atoms with Gasteiger partial charge >= 0.3 is 0 Å². The zero-order valence-corrected chi connectivity index (χ0v) is 15.9. The molecular formula is C23H26N2O. The van der Waals surface area contributed by atoms with Crippen LogP contribution >= 0.6 is 0 Å². The second-order valence-corrected chi connectivity index (χ2v) is 9.15. The van der Waals surface area contributed by atoms with Gasteiger partial charge in [-0.3, -0.25) is 0 Å². The molecule has 0 radical (unpaired) electrons. The second kappa shape index (κ2) is 4.62. The third-order valence-electron chi connectivity index (χ3n) is 8.11. The number of fused-ring (bicyclic) bond motifs is 3. The zero-order valence-electron chi connectivity index (χ0n) is 15.9. The molecule has 1 aromatic carbocycles. The lowest BCUT2D eigenvalue weighted by Gasteiger charge is -2.70. The van der Waals surface area contributed by atoms with Crippen LogP contribution in [-0.2, 0) is 0 Å². The number of anilines is 1. The predicted molar refractivity (Wildman–Crippen MR) is 106 cm³/mol. The first-order chi connectivity index (χ1) is 12.5. The van der Waals surface area contributed by atoms with Crippen molar-refractivity contribution in [2.45, 2.75) is 70.9 Å². The van der Waals surface area contributed by atoms with Crippen LogP contribution in [0.2, 0.25) is 0 Å². The van der Waals surface area contributed by atoms with Crippen molar-refractivity contribution in [1.82, 2.24) is 4.98 Å². The maximum Gasteiger partial charge on any atom is 0.227 e. The Morgan fingerprint density at radius 3 is 2.35 bits per heavy atom. The number of benzene rings is 1. The van der Waals surface area contributed by atoms with Crippen LogP contribution in [-0.4, -0.2) is 16.6 Å². The van der Waals surface area contributed by atoms with Gasteiger partial charge in [0.25, 0.3) is 0 Å². The monoisotopic (exact) mass is 346 g/mol. The summed E-state index contributed by atoms with van der Waals surface area (Å²) in [6, 6.07) is 9.35. The highest BCUT2D eigenvalue weighted by Crippen LogP contribution is 2.65. The Labute approximate surface area is 154 Å². The molecular weight excluding hydrogens is 320 g/mol. The number of pyridine rings is 1. The average molecular weight is 346 g/mol. The second-order valence-electron chi connectivity index (χ2n) is 9.15. The first-order valence-electron chi connectivity index (χ1n) is 10.1. The van der Waals surface area contributed by atoms with Crippen LogP contribution in [0.4, 0.5) is 5.69 Å². The standard InChI is InChI=1S/C23H26N2O/c1-14-4-6-17-18-7-5-15(2)24-21(18)26-20(17)19(14)25-16(3)22-8-11-23(25,12-9-22)13-10-22/h4-7,16H,8-13H2,1-3H3/t16-,22?,23?/m0/s1. The first-order valence-corrected chi connectivity index (χ1v) is 10.1. The average Bonchev–Trinajstić information content (AvgIpc) is 3.01. The number of hydrogen-bond acceptors (Lipinski definition) is 3. The highest BCUT2D eigenvalue weighted by Gasteiger charge is 2.62. The molecule has 6 aliphatic rings. The largest absolute Gasteiger partial charge is 0.436 e. The molecule has 0 amide bonds. The van der Waals surface area contributed by atoms with E-state index in [0.29, 0.717) is 17.0 Å². The van der Waals surface area contributed by atoms with Crippen LogP contribution in [0.3, 0.4) is 0 Å². The zero-order chi connectivity index (χ0) is 17.7. The summed E-state index contributed by atoms with van der Waals surface area (Å²) in [5.74, 6) is 0. The molecule has 3 saturated heterocycles. The minimum absolute atomic E-state index is 0.348. The van der Waals surface area contributed by atoms with E-state index < -0.39 is 0 Å². The molecule has 26 heavy (non-hydrogen) atoms. The normalized spacial score (nSPS) is 32.9. The summed E-state index contributed by atoms with van der Waals surface area (Å²) in [5.41, 5.74) is 6.39. The molecule has 3 aliphatic heterocycles. The van der Waals surface area contributed by atoms with Crippen LogP contribution in [0.15, 0.2) is 28.7 Å². The number of hydrogen-bond donors (Lipinski definition) is 0. The summed E-state index contributed by atoms with van der Waals surface area (Å²) in [6.45, 7) is 6.74. The molecule has 2 aromatic heterocycles. The van der Waals surface area contributed by atoms with E-state index in [9.17, 15) is 0 Å². The van der Waals surface area contributed by atoms with Crippen molar-refractivity contribution in [2.24, 2.45) is 5.41 Å². The van der Waals surface area contributed by atoms with E-state index in [1.165, 1.54) is 55.2 Å². The van der Waals surface area contributed by atoms with E-state index in [4.69, 9.17) is 4.42 Å². The maximum absolute atomic E-state index is 6.40. The molecule has 2 bridgehead atoms. The van der Waals surface area contributed by atoms with Crippen molar-refractivity contribution in [2.75, 3.05) is 4.90 Å². The first kappa shape index (κ1) is 15.1. The van der Waals surface area contributed by atoms with Crippen molar-refractivity contribution in [3.8, 4) is 0 Å². The Kier molecular flexibility index (Phi) is 2.68. The van der Waals surface area contributed by atoms with E-state index in [0.717, 1.165) is 22.4 Å². The molecule has 3 nitrogen and oxygen atoms in total. The van der Waals surface area contributed by atoms with Gasteiger partial charge in [0.15, 0.2) is 5.58 Å². The van der Waals surface area contributed by atoms with Crippen molar-refractivity contribution in [3.63, 3.8) is 0 Å². The van der Waals surface area contributed by atoms with Gasteiger partial charge in [0, 0.05) is 28.0 Å². The number of rotatable bonds is 1. The number of piperidine rings is 3. The molecule has 3 aliphatic carbocycles. The molecule has 3 heteroatoms. The van der Waals surface area contributed by atoms with E-state index in [1.54, 1.807) is 0 Å². The van der Waals surface area contributed by atoms with E-state index in [2.05, 4.69) is 48.0 Å². The summed E-state index contributed by atoms with van der Waals surface area (Å²) >= 11 is 0. The number of aryl methyl sites for hydroxylation is 2. The smallest absolute Gasteiger partial charge is 0.227 e. The van der Waals surface area contributed by atoms with Crippen molar-refractivity contribution >= 4 is 27.8 Å². The summed E-state index contributed by atoms with van der Waals surface area (Å²) in [6.07, 6.45) is 8.31. The molecule has 5 heterocycles. The highest BCUT2D eigenvalue weighted by molar-refractivity contribution is 6.08. The molecule has 0 spiro atoms. The van der Waals surface area contributed by atoms with E-state index in [1.807, 2.05) is 6.92 Å². The lowest BCUT2D eigenvalue weighted by atomic mass is 9.49. The Balaban J connectivity index is 1.65. The lowest BCUT2D eigenvalue weighted by molar-refractivity contribution is -0.0446. The van der Waals surface area contributed by atoms with Crippen LogP contribution in [0.1, 0.15) is 56.7 Å². The molecule has 0 unspecified atom stereocenters. The van der Waals surface area contributed by atoms with Gasteiger partial charge in [-0.25, -0.2) is 4.98 Å². The van der Waals surface area contributed by atoms with Crippen LogP contribution in [0.25, 0.3) is 22.1 Å². The molecule has 134 valence electrons. The third kappa shape index (κ3) is 1.63. The van der Waals surface area contributed by atoms with Crippen molar-refractivity contribution in [3.05, 3.63) is 35.5 Å². The van der Waals surface area contributed by atoms with E-state index in [-0.39, 0.29) is 0 Å². The molecule has 1 atom stereocenters. The topological polar surface area (TPSA) is 29.3 Å². The fourth-order valence-corrected chi connectivity index (χ4v) is 6.50. The van der Waals surface area contributed by atoms with Gasteiger partial charge in [-0.15, -0.1) is 0 Å². The number of nitrogens with zero attached hydrogens (tertiary/aromatic N) is 2. The fourth-order valence-electron chi connectivity index (χ4n) is 6.50. The summed E-state index contributed by atoms with van der Waals surface area (Å²) in [4.78, 5) is 7.44. The lowest BCUT2D eigenvalue weighted by Crippen LogP contribution is -2.71. The van der Waals surface area contributed by atoms with E-state index >= 15 is 0 Å². The molecule has 3 aromatic rings. The van der Waals surface area contributed by atoms with Gasteiger partial charge in [0.05, 0.1) is 5.69 Å². The Bertz CT molecular complexity index is 1040. The van der Waals surface area contributed by atoms with Gasteiger partial charge < -0.3 is 9.32 Å². The van der Waals surface area contributed by atoms with Gasteiger partial charge in [-0.2, -0.15) is 0 Å². The molecule has 9 rings (SSSR count). The predicted octanol–water partition coefficient (Wildman–Crippen LogP) is 5.90. The van der Waals surface area contributed by atoms with Crippen LogP contribution in [0.5, 0.6) is 0 Å². The summed E-state index contributed by atoms with van der Waals surface area (Å²) in [7, 11) is 0. The van der Waals surface area contributed by atoms with Crippen LogP contribution < -0.4 is 4.90 Å². The molecule has 0 N–H and O–H groups in total. The van der Waals surface area contributed by atoms with Gasteiger partial charge in [-0.1, -0.05) is 12.1 Å². The number of aromatic nitrogens is 1.